The highest BCUT2D eigenvalue weighted by Gasteiger charge is 2.25. The van der Waals surface area contributed by atoms with E-state index in [9.17, 15) is 0 Å². The van der Waals surface area contributed by atoms with Gasteiger partial charge in [-0.05, 0) is 37.7 Å². The molecule has 2 N–H and O–H groups in total. The summed E-state index contributed by atoms with van der Waals surface area (Å²) < 4.78 is 1.97. The molecule has 2 rings (SSSR count). The minimum atomic E-state index is 0.299. The quantitative estimate of drug-likeness (QED) is 0.874. The van der Waals surface area contributed by atoms with Gasteiger partial charge in [0, 0.05) is 25.2 Å². The SMILES string of the molecule is Cc1cc(CC(N)C2CCCC(C)C2)n(C)n1. The third-order valence-corrected chi connectivity index (χ3v) is 4.13. The first-order chi connectivity index (χ1) is 8.06. The molecule has 0 saturated heterocycles. The maximum absolute atomic E-state index is 6.38. The molecule has 3 nitrogen and oxygen atoms in total. The Labute approximate surface area is 104 Å². The van der Waals surface area contributed by atoms with Crippen molar-refractivity contribution < 1.29 is 0 Å². The number of hydrogen-bond acceptors (Lipinski definition) is 2. The van der Waals surface area contributed by atoms with Crippen LogP contribution in [0.2, 0.25) is 0 Å². The standard InChI is InChI=1S/C14H25N3/c1-10-5-4-6-12(7-10)14(15)9-13-8-11(2)16-17(13)3/h8,10,12,14H,4-7,9,15H2,1-3H3. The van der Waals surface area contributed by atoms with Crippen molar-refractivity contribution in [1.82, 2.24) is 9.78 Å². The summed E-state index contributed by atoms with van der Waals surface area (Å²) in [6.07, 6.45) is 6.31. The second-order valence-corrected chi connectivity index (χ2v) is 5.80. The Morgan fingerprint density at radius 1 is 1.53 bits per heavy atom. The van der Waals surface area contributed by atoms with Gasteiger partial charge in [-0.25, -0.2) is 0 Å². The monoisotopic (exact) mass is 235 g/mol. The first kappa shape index (κ1) is 12.6. The van der Waals surface area contributed by atoms with Crippen molar-refractivity contribution in [2.75, 3.05) is 0 Å². The van der Waals surface area contributed by atoms with Gasteiger partial charge in [0.05, 0.1) is 5.69 Å². The second-order valence-electron chi connectivity index (χ2n) is 5.80. The molecule has 3 heteroatoms. The van der Waals surface area contributed by atoms with Crippen LogP contribution in [0, 0.1) is 18.8 Å². The Bertz CT molecular complexity index is 370. The molecule has 1 fully saturated rings. The normalized spacial score (nSPS) is 27.1. The molecule has 1 aromatic heterocycles. The van der Waals surface area contributed by atoms with Gasteiger partial charge in [0.1, 0.15) is 0 Å². The van der Waals surface area contributed by atoms with Crippen LogP contribution in [0.15, 0.2) is 6.07 Å². The van der Waals surface area contributed by atoms with E-state index in [0.29, 0.717) is 12.0 Å². The van der Waals surface area contributed by atoms with Crippen LogP contribution in [0.4, 0.5) is 0 Å². The first-order valence-electron chi connectivity index (χ1n) is 6.81. The fourth-order valence-corrected chi connectivity index (χ4v) is 3.13. The molecule has 17 heavy (non-hydrogen) atoms. The zero-order valence-electron chi connectivity index (χ0n) is 11.3. The van der Waals surface area contributed by atoms with E-state index in [-0.39, 0.29) is 0 Å². The van der Waals surface area contributed by atoms with Gasteiger partial charge in [0.15, 0.2) is 0 Å². The van der Waals surface area contributed by atoms with Crippen LogP contribution >= 0.6 is 0 Å². The molecule has 0 aliphatic heterocycles. The zero-order chi connectivity index (χ0) is 12.4. The molecule has 1 heterocycles. The molecule has 0 spiro atoms. The largest absolute Gasteiger partial charge is 0.327 e. The second kappa shape index (κ2) is 5.21. The highest BCUT2D eigenvalue weighted by atomic mass is 15.3. The summed E-state index contributed by atoms with van der Waals surface area (Å²) in [7, 11) is 2.01. The highest BCUT2D eigenvalue weighted by Crippen LogP contribution is 2.31. The van der Waals surface area contributed by atoms with E-state index in [0.717, 1.165) is 18.0 Å². The fourth-order valence-electron chi connectivity index (χ4n) is 3.13. The van der Waals surface area contributed by atoms with Crippen molar-refractivity contribution in [3.8, 4) is 0 Å². The van der Waals surface area contributed by atoms with Gasteiger partial charge in [0.25, 0.3) is 0 Å². The molecule has 0 amide bonds. The third-order valence-electron chi connectivity index (χ3n) is 4.13. The maximum Gasteiger partial charge on any atom is 0.0596 e. The summed E-state index contributed by atoms with van der Waals surface area (Å²) in [4.78, 5) is 0. The molecule has 1 saturated carbocycles. The van der Waals surface area contributed by atoms with Crippen molar-refractivity contribution in [3.05, 3.63) is 17.5 Å². The lowest BCUT2D eigenvalue weighted by Crippen LogP contribution is -2.35. The number of aromatic nitrogens is 2. The lowest BCUT2D eigenvalue weighted by atomic mass is 9.78. The van der Waals surface area contributed by atoms with Crippen LogP contribution in [0.3, 0.4) is 0 Å². The van der Waals surface area contributed by atoms with Gasteiger partial charge in [-0.2, -0.15) is 5.10 Å². The van der Waals surface area contributed by atoms with Crippen molar-refractivity contribution >= 4 is 0 Å². The fraction of sp³-hybridized carbons (Fsp3) is 0.786. The van der Waals surface area contributed by atoms with E-state index in [1.54, 1.807) is 0 Å². The summed E-state index contributed by atoms with van der Waals surface area (Å²) in [5.41, 5.74) is 8.74. The van der Waals surface area contributed by atoms with Crippen LogP contribution < -0.4 is 5.73 Å². The van der Waals surface area contributed by atoms with Gasteiger partial charge >= 0.3 is 0 Å². The maximum atomic E-state index is 6.38. The predicted octanol–water partition coefficient (Wildman–Crippen LogP) is 2.42. The van der Waals surface area contributed by atoms with E-state index in [4.69, 9.17) is 5.73 Å². The Balaban J connectivity index is 1.96. The smallest absolute Gasteiger partial charge is 0.0596 e. The van der Waals surface area contributed by atoms with E-state index in [1.807, 2.05) is 18.7 Å². The number of hydrogen-bond donors (Lipinski definition) is 1. The van der Waals surface area contributed by atoms with Crippen molar-refractivity contribution in [3.63, 3.8) is 0 Å². The molecular formula is C14H25N3. The van der Waals surface area contributed by atoms with Gasteiger partial charge in [0.2, 0.25) is 0 Å². The van der Waals surface area contributed by atoms with Gasteiger partial charge in [-0.1, -0.05) is 19.8 Å². The van der Waals surface area contributed by atoms with E-state index < -0.39 is 0 Å². The predicted molar refractivity (Wildman–Crippen MR) is 70.7 cm³/mol. The first-order valence-corrected chi connectivity index (χ1v) is 6.81. The molecule has 0 radical (unpaired) electrons. The summed E-state index contributed by atoms with van der Waals surface area (Å²) in [6, 6.07) is 2.46. The molecule has 96 valence electrons. The average molecular weight is 235 g/mol. The topological polar surface area (TPSA) is 43.8 Å². The lowest BCUT2D eigenvalue weighted by molar-refractivity contribution is 0.244. The minimum Gasteiger partial charge on any atom is -0.327 e. The summed E-state index contributed by atoms with van der Waals surface area (Å²) in [6.45, 7) is 4.39. The molecule has 3 unspecified atom stereocenters. The molecule has 0 aromatic carbocycles. The zero-order valence-corrected chi connectivity index (χ0v) is 11.3. The number of nitrogens with two attached hydrogens (primary N) is 1. The molecule has 1 aromatic rings. The van der Waals surface area contributed by atoms with Gasteiger partial charge in [-0.3, -0.25) is 4.68 Å². The number of aryl methyl sites for hydroxylation is 2. The summed E-state index contributed by atoms with van der Waals surface area (Å²) in [5, 5.41) is 4.39. The molecular weight excluding hydrogens is 210 g/mol. The van der Waals surface area contributed by atoms with E-state index >= 15 is 0 Å². The summed E-state index contributed by atoms with van der Waals surface area (Å²) in [5.74, 6) is 1.56. The molecule has 1 aliphatic carbocycles. The van der Waals surface area contributed by atoms with Crippen molar-refractivity contribution in [2.45, 2.75) is 52.0 Å². The Hall–Kier alpha value is -0.830. The minimum absolute atomic E-state index is 0.299. The Kier molecular flexibility index (Phi) is 3.87. The third kappa shape index (κ3) is 3.09. The van der Waals surface area contributed by atoms with Gasteiger partial charge < -0.3 is 5.73 Å². The van der Waals surface area contributed by atoms with Crippen molar-refractivity contribution in [2.24, 2.45) is 24.6 Å². The van der Waals surface area contributed by atoms with Gasteiger partial charge in [-0.15, -0.1) is 0 Å². The Morgan fingerprint density at radius 3 is 2.88 bits per heavy atom. The molecule has 3 atom stereocenters. The number of nitrogens with zero attached hydrogens (tertiary/aromatic N) is 2. The molecule has 0 bridgehead atoms. The Morgan fingerprint density at radius 2 is 2.29 bits per heavy atom. The highest BCUT2D eigenvalue weighted by molar-refractivity contribution is 5.10. The van der Waals surface area contributed by atoms with Crippen LogP contribution in [-0.2, 0) is 13.5 Å². The summed E-state index contributed by atoms with van der Waals surface area (Å²) >= 11 is 0. The van der Waals surface area contributed by atoms with E-state index in [2.05, 4.69) is 18.1 Å². The van der Waals surface area contributed by atoms with Crippen LogP contribution in [0.1, 0.15) is 44.0 Å². The van der Waals surface area contributed by atoms with Crippen LogP contribution in [-0.4, -0.2) is 15.8 Å². The van der Waals surface area contributed by atoms with Crippen LogP contribution in [0.25, 0.3) is 0 Å². The number of rotatable bonds is 3. The average Bonchev–Trinajstić information content (AvgIpc) is 2.57. The van der Waals surface area contributed by atoms with Crippen molar-refractivity contribution in [1.29, 1.82) is 0 Å². The van der Waals surface area contributed by atoms with Crippen LogP contribution in [0.5, 0.6) is 0 Å². The lowest BCUT2D eigenvalue weighted by Gasteiger charge is -2.31. The van der Waals surface area contributed by atoms with E-state index in [1.165, 1.54) is 31.4 Å². The molecule has 1 aliphatic rings.